The molecule has 1 unspecified atom stereocenters. The fraction of sp³-hybridized carbons (Fsp3) is 0.667. The van der Waals surface area contributed by atoms with Gasteiger partial charge >= 0.3 is 0 Å². The first kappa shape index (κ1) is 13.6. The Bertz CT molecular complexity index is 516. The number of nitrogens with one attached hydrogen (secondary N) is 1. The van der Waals surface area contributed by atoms with Gasteiger partial charge in [-0.15, -0.1) is 0 Å². The Kier molecular flexibility index (Phi) is 3.79. The van der Waals surface area contributed by atoms with E-state index in [4.69, 9.17) is 9.52 Å². The van der Waals surface area contributed by atoms with Gasteiger partial charge in [-0.25, -0.2) is 13.1 Å². The van der Waals surface area contributed by atoms with E-state index in [1.807, 2.05) is 6.92 Å². The van der Waals surface area contributed by atoms with E-state index in [0.29, 0.717) is 11.7 Å². The van der Waals surface area contributed by atoms with Crippen LogP contribution in [0, 0.1) is 12.8 Å². The molecule has 1 aromatic heterocycles. The molecule has 1 fully saturated rings. The number of rotatable bonds is 6. The van der Waals surface area contributed by atoms with Crippen LogP contribution in [0.4, 0.5) is 0 Å². The molecule has 18 heavy (non-hydrogen) atoms. The molecule has 1 heterocycles. The van der Waals surface area contributed by atoms with Crippen LogP contribution >= 0.6 is 0 Å². The maximum Gasteiger partial charge on any atom is 0.244 e. The average molecular weight is 273 g/mol. The van der Waals surface area contributed by atoms with Crippen LogP contribution in [0.25, 0.3) is 0 Å². The summed E-state index contributed by atoms with van der Waals surface area (Å²) in [4.78, 5) is 0.120. The number of furan rings is 1. The fourth-order valence-corrected chi connectivity index (χ4v) is 3.56. The molecule has 0 bridgehead atoms. The van der Waals surface area contributed by atoms with Crippen LogP contribution in [-0.4, -0.2) is 19.6 Å². The van der Waals surface area contributed by atoms with Crippen molar-refractivity contribution in [2.45, 2.75) is 50.7 Å². The highest BCUT2D eigenvalue weighted by Gasteiger charge is 2.28. The van der Waals surface area contributed by atoms with Crippen molar-refractivity contribution in [3.05, 3.63) is 17.6 Å². The second-order valence-corrected chi connectivity index (χ2v) is 6.68. The first-order valence-electron chi connectivity index (χ1n) is 6.15. The number of aliphatic hydroxyl groups is 1. The standard InChI is InChI=1S/C12H19NO4S/c1-8(5-10-3-4-10)13-18(15,16)12-6-11(7-14)17-9(12)2/h6,8,10,13-14H,3-5,7H2,1-2H3. The summed E-state index contributed by atoms with van der Waals surface area (Å²) in [5, 5.41) is 8.94. The molecule has 0 spiro atoms. The average Bonchev–Trinajstić information content (AvgIpc) is 2.97. The minimum atomic E-state index is -3.55. The maximum atomic E-state index is 12.1. The van der Waals surface area contributed by atoms with Crippen molar-refractivity contribution in [3.8, 4) is 0 Å². The van der Waals surface area contributed by atoms with Crippen molar-refractivity contribution in [1.29, 1.82) is 0 Å². The Morgan fingerprint density at radius 2 is 2.22 bits per heavy atom. The molecule has 1 atom stereocenters. The third kappa shape index (κ3) is 3.13. The van der Waals surface area contributed by atoms with E-state index >= 15 is 0 Å². The summed E-state index contributed by atoms with van der Waals surface area (Å²) in [6.45, 7) is 3.16. The second kappa shape index (κ2) is 5.03. The lowest BCUT2D eigenvalue weighted by Gasteiger charge is -2.13. The van der Waals surface area contributed by atoms with Crippen molar-refractivity contribution in [2.75, 3.05) is 0 Å². The molecule has 6 heteroatoms. The molecule has 0 aromatic carbocycles. The van der Waals surface area contributed by atoms with Crippen molar-refractivity contribution >= 4 is 10.0 Å². The molecule has 5 nitrogen and oxygen atoms in total. The van der Waals surface area contributed by atoms with Gasteiger partial charge in [0.2, 0.25) is 10.0 Å². The van der Waals surface area contributed by atoms with Gasteiger partial charge in [-0.2, -0.15) is 0 Å². The molecule has 2 N–H and O–H groups in total. The highest BCUT2D eigenvalue weighted by molar-refractivity contribution is 7.89. The molecule has 0 radical (unpaired) electrons. The molecule has 102 valence electrons. The second-order valence-electron chi connectivity index (χ2n) is 4.99. The Labute approximate surface area is 107 Å². The number of hydrogen-bond acceptors (Lipinski definition) is 4. The Balaban J connectivity index is 2.10. The van der Waals surface area contributed by atoms with Gasteiger partial charge in [0.25, 0.3) is 0 Å². The Morgan fingerprint density at radius 1 is 1.56 bits per heavy atom. The molecule has 2 rings (SSSR count). The molecular formula is C12H19NO4S. The molecule has 0 aliphatic heterocycles. The highest BCUT2D eigenvalue weighted by Crippen LogP contribution is 2.33. The number of sulfonamides is 1. The zero-order valence-corrected chi connectivity index (χ0v) is 11.5. The van der Waals surface area contributed by atoms with E-state index in [2.05, 4.69) is 4.72 Å². The molecule has 1 aliphatic carbocycles. The Morgan fingerprint density at radius 3 is 2.72 bits per heavy atom. The van der Waals surface area contributed by atoms with Gasteiger partial charge in [0.15, 0.2) is 0 Å². The van der Waals surface area contributed by atoms with E-state index in [0.717, 1.165) is 6.42 Å². The predicted octanol–water partition coefficient (Wildman–Crippen LogP) is 1.55. The van der Waals surface area contributed by atoms with Crippen molar-refractivity contribution < 1.29 is 17.9 Å². The summed E-state index contributed by atoms with van der Waals surface area (Å²) >= 11 is 0. The predicted molar refractivity (Wildman–Crippen MR) is 66.5 cm³/mol. The first-order chi connectivity index (χ1) is 8.42. The summed E-state index contributed by atoms with van der Waals surface area (Å²) < 4.78 is 32.1. The van der Waals surface area contributed by atoms with Gasteiger partial charge in [-0.3, -0.25) is 0 Å². The van der Waals surface area contributed by atoms with Gasteiger partial charge in [-0.1, -0.05) is 12.8 Å². The van der Waals surface area contributed by atoms with Crippen LogP contribution < -0.4 is 4.72 Å². The lowest BCUT2D eigenvalue weighted by molar-refractivity contribution is 0.244. The lowest BCUT2D eigenvalue weighted by Crippen LogP contribution is -2.33. The molecule has 0 amide bonds. The quantitative estimate of drug-likeness (QED) is 0.824. The van der Waals surface area contributed by atoms with Crippen LogP contribution in [0.15, 0.2) is 15.4 Å². The van der Waals surface area contributed by atoms with Gasteiger partial charge in [0.05, 0.1) is 0 Å². The molecule has 0 saturated heterocycles. The molecule has 1 aliphatic rings. The van der Waals surface area contributed by atoms with Crippen LogP contribution in [0.1, 0.15) is 37.7 Å². The van der Waals surface area contributed by atoms with Gasteiger partial charge in [0, 0.05) is 12.1 Å². The van der Waals surface area contributed by atoms with E-state index in [1.54, 1.807) is 6.92 Å². The van der Waals surface area contributed by atoms with Gasteiger partial charge < -0.3 is 9.52 Å². The van der Waals surface area contributed by atoms with Crippen molar-refractivity contribution in [3.63, 3.8) is 0 Å². The molecule has 1 saturated carbocycles. The third-order valence-corrected chi connectivity index (χ3v) is 4.81. The van der Waals surface area contributed by atoms with Crippen LogP contribution in [0.5, 0.6) is 0 Å². The SMILES string of the molecule is Cc1oc(CO)cc1S(=O)(=O)NC(C)CC1CC1. The van der Waals surface area contributed by atoms with E-state index in [9.17, 15) is 8.42 Å². The molecule has 1 aromatic rings. The smallest absolute Gasteiger partial charge is 0.244 e. The topological polar surface area (TPSA) is 79.5 Å². The largest absolute Gasteiger partial charge is 0.462 e. The first-order valence-corrected chi connectivity index (χ1v) is 7.63. The summed E-state index contributed by atoms with van der Waals surface area (Å²) in [7, 11) is -3.55. The van der Waals surface area contributed by atoms with E-state index < -0.39 is 10.0 Å². The van der Waals surface area contributed by atoms with Gasteiger partial charge in [0.1, 0.15) is 23.0 Å². The normalized spacial score (nSPS) is 17.9. The minimum absolute atomic E-state index is 0.0747. The Hall–Kier alpha value is -0.850. The fourth-order valence-electron chi connectivity index (χ4n) is 2.10. The third-order valence-electron chi connectivity index (χ3n) is 3.11. The minimum Gasteiger partial charge on any atom is -0.462 e. The van der Waals surface area contributed by atoms with Crippen LogP contribution in [-0.2, 0) is 16.6 Å². The maximum absolute atomic E-state index is 12.1. The molecular weight excluding hydrogens is 254 g/mol. The van der Waals surface area contributed by atoms with Gasteiger partial charge in [-0.05, 0) is 26.2 Å². The summed E-state index contributed by atoms with van der Waals surface area (Å²) in [5.74, 6) is 1.24. The zero-order chi connectivity index (χ0) is 13.3. The monoisotopic (exact) mass is 273 g/mol. The zero-order valence-electron chi connectivity index (χ0n) is 10.6. The van der Waals surface area contributed by atoms with E-state index in [1.165, 1.54) is 18.9 Å². The van der Waals surface area contributed by atoms with Crippen LogP contribution in [0.3, 0.4) is 0 Å². The van der Waals surface area contributed by atoms with Crippen molar-refractivity contribution in [1.82, 2.24) is 4.72 Å². The number of hydrogen-bond donors (Lipinski definition) is 2. The summed E-state index contributed by atoms with van der Waals surface area (Å²) in [6, 6.07) is 1.30. The number of aliphatic hydroxyl groups excluding tert-OH is 1. The van der Waals surface area contributed by atoms with E-state index in [-0.39, 0.29) is 23.3 Å². The lowest BCUT2D eigenvalue weighted by atomic mass is 10.2. The highest BCUT2D eigenvalue weighted by atomic mass is 32.2. The number of aryl methyl sites for hydroxylation is 1. The van der Waals surface area contributed by atoms with Crippen LogP contribution in [0.2, 0.25) is 0 Å². The summed E-state index contributed by atoms with van der Waals surface area (Å²) in [6.07, 6.45) is 3.28. The van der Waals surface area contributed by atoms with Crippen molar-refractivity contribution in [2.24, 2.45) is 5.92 Å². The summed E-state index contributed by atoms with van der Waals surface area (Å²) in [5.41, 5.74) is 0.